The molecule has 0 aromatic heterocycles. The second-order valence-electron chi connectivity index (χ2n) is 6.06. The number of quaternary nitrogens is 1. The van der Waals surface area contributed by atoms with Crippen LogP contribution in [0.3, 0.4) is 0 Å². The smallest absolute Gasteiger partial charge is 0.105 e. The standard InChI is InChI=1S/C20H24N/c1-5-17-11-7-9-13-19(17)15-21(3,4)16-20-14-10-8-12-18(20)6-2/h5-14H,1-2,15-16H2,3-4H3/q+1. The third-order valence-electron chi connectivity index (χ3n) is 3.75. The summed E-state index contributed by atoms with van der Waals surface area (Å²) in [4.78, 5) is 0. The highest BCUT2D eigenvalue weighted by atomic mass is 15.3. The number of nitrogens with zero attached hydrogens (tertiary/aromatic N) is 1. The second kappa shape index (κ2) is 6.55. The minimum Gasteiger partial charge on any atom is -0.321 e. The van der Waals surface area contributed by atoms with Gasteiger partial charge in [0, 0.05) is 11.1 Å². The van der Waals surface area contributed by atoms with Crippen LogP contribution in [0.5, 0.6) is 0 Å². The van der Waals surface area contributed by atoms with E-state index in [0.29, 0.717) is 0 Å². The van der Waals surface area contributed by atoms with E-state index in [-0.39, 0.29) is 0 Å². The second-order valence-corrected chi connectivity index (χ2v) is 6.06. The first-order valence-corrected chi connectivity index (χ1v) is 7.28. The van der Waals surface area contributed by atoms with E-state index >= 15 is 0 Å². The van der Waals surface area contributed by atoms with E-state index in [1.54, 1.807) is 0 Å². The van der Waals surface area contributed by atoms with E-state index < -0.39 is 0 Å². The molecule has 0 radical (unpaired) electrons. The van der Waals surface area contributed by atoms with Crippen LogP contribution in [0.2, 0.25) is 0 Å². The quantitative estimate of drug-likeness (QED) is 0.669. The lowest BCUT2D eigenvalue weighted by atomic mass is 10.0. The van der Waals surface area contributed by atoms with E-state index in [1.165, 1.54) is 22.3 Å². The summed E-state index contributed by atoms with van der Waals surface area (Å²) in [6.45, 7) is 9.79. The Kier molecular flexibility index (Phi) is 4.77. The first-order chi connectivity index (χ1) is 10.1. The summed E-state index contributed by atoms with van der Waals surface area (Å²) in [6.07, 6.45) is 3.88. The summed E-state index contributed by atoms with van der Waals surface area (Å²) < 4.78 is 0.899. The van der Waals surface area contributed by atoms with Crippen molar-refractivity contribution in [1.29, 1.82) is 0 Å². The van der Waals surface area contributed by atoms with Crippen LogP contribution in [-0.4, -0.2) is 18.6 Å². The molecule has 1 heteroatoms. The highest BCUT2D eigenvalue weighted by molar-refractivity contribution is 5.52. The van der Waals surface area contributed by atoms with Crippen molar-refractivity contribution in [3.63, 3.8) is 0 Å². The van der Waals surface area contributed by atoms with E-state index in [2.05, 4.69) is 75.8 Å². The molecule has 2 aromatic rings. The molecule has 0 spiro atoms. The molecule has 108 valence electrons. The van der Waals surface area contributed by atoms with E-state index in [4.69, 9.17) is 0 Å². The van der Waals surface area contributed by atoms with Gasteiger partial charge in [0.25, 0.3) is 0 Å². The lowest BCUT2D eigenvalue weighted by Crippen LogP contribution is -2.38. The van der Waals surface area contributed by atoms with E-state index in [9.17, 15) is 0 Å². The van der Waals surface area contributed by atoms with Crippen molar-refractivity contribution in [2.45, 2.75) is 13.1 Å². The maximum absolute atomic E-state index is 3.91. The minimum absolute atomic E-state index is 0.899. The fraction of sp³-hybridized carbons (Fsp3) is 0.200. The fourth-order valence-corrected chi connectivity index (χ4v) is 2.73. The molecule has 0 unspecified atom stereocenters. The van der Waals surface area contributed by atoms with Crippen molar-refractivity contribution < 1.29 is 4.48 Å². The van der Waals surface area contributed by atoms with Gasteiger partial charge in [-0.05, 0) is 11.1 Å². The molecule has 1 nitrogen and oxygen atoms in total. The largest absolute Gasteiger partial charge is 0.321 e. The van der Waals surface area contributed by atoms with E-state index in [1.807, 2.05) is 12.2 Å². The fourth-order valence-electron chi connectivity index (χ4n) is 2.73. The van der Waals surface area contributed by atoms with Crippen molar-refractivity contribution in [3.05, 3.63) is 83.9 Å². The highest BCUT2D eigenvalue weighted by Gasteiger charge is 2.19. The van der Waals surface area contributed by atoms with Crippen LogP contribution in [0, 0.1) is 0 Å². The molecule has 0 amide bonds. The molecule has 0 saturated carbocycles. The van der Waals surface area contributed by atoms with Gasteiger partial charge in [0.1, 0.15) is 13.1 Å². The predicted octanol–water partition coefficient (Wildman–Crippen LogP) is 4.75. The van der Waals surface area contributed by atoms with Gasteiger partial charge in [-0.25, -0.2) is 0 Å². The Morgan fingerprint density at radius 2 is 1.14 bits per heavy atom. The van der Waals surface area contributed by atoms with Crippen LogP contribution in [0.15, 0.2) is 61.7 Å². The summed E-state index contributed by atoms with van der Waals surface area (Å²) in [5.74, 6) is 0. The van der Waals surface area contributed by atoms with Crippen LogP contribution in [0.1, 0.15) is 22.3 Å². The average Bonchev–Trinajstić information content (AvgIpc) is 2.47. The van der Waals surface area contributed by atoms with Gasteiger partial charge in [-0.1, -0.05) is 73.8 Å². The molecule has 0 saturated heterocycles. The summed E-state index contributed by atoms with van der Waals surface area (Å²) in [7, 11) is 4.53. The SMILES string of the molecule is C=Cc1ccccc1C[N+](C)(C)Cc1ccccc1C=C. The third-order valence-corrected chi connectivity index (χ3v) is 3.75. The van der Waals surface area contributed by atoms with Crippen molar-refractivity contribution in [2.75, 3.05) is 14.1 Å². The van der Waals surface area contributed by atoms with Crippen molar-refractivity contribution in [1.82, 2.24) is 0 Å². The molecule has 2 rings (SSSR count). The minimum atomic E-state index is 0.899. The molecule has 21 heavy (non-hydrogen) atoms. The van der Waals surface area contributed by atoms with E-state index in [0.717, 1.165) is 17.6 Å². The number of rotatable bonds is 6. The Morgan fingerprint density at radius 3 is 1.52 bits per heavy atom. The first kappa shape index (κ1) is 15.3. The van der Waals surface area contributed by atoms with Crippen LogP contribution in [0.4, 0.5) is 0 Å². The van der Waals surface area contributed by atoms with Crippen LogP contribution in [0.25, 0.3) is 12.2 Å². The van der Waals surface area contributed by atoms with Crippen LogP contribution >= 0.6 is 0 Å². The van der Waals surface area contributed by atoms with Gasteiger partial charge >= 0.3 is 0 Å². The van der Waals surface area contributed by atoms with Gasteiger partial charge < -0.3 is 4.48 Å². The Bertz CT molecular complexity index is 582. The number of hydrogen-bond donors (Lipinski definition) is 0. The zero-order chi connectivity index (χ0) is 15.3. The lowest BCUT2D eigenvalue weighted by Gasteiger charge is -2.31. The molecular formula is C20H24N+. The Balaban J connectivity index is 2.22. The first-order valence-electron chi connectivity index (χ1n) is 7.28. The Morgan fingerprint density at radius 1 is 0.762 bits per heavy atom. The summed E-state index contributed by atoms with van der Waals surface area (Å²) >= 11 is 0. The van der Waals surface area contributed by atoms with Gasteiger partial charge in [0.2, 0.25) is 0 Å². The highest BCUT2D eigenvalue weighted by Crippen LogP contribution is 2.20. The average molecular weight is 278 g/mol. The Labute approximate surface area is 128 Å². The zero-order valence-corrected chi connectivity index (χ0v) is 13.0. The van der Waals surface area contributed by atoms with Gasteiger partial charge in [0.15, 0.2) is 0 Å². The maximum atomic E-state index is 3.91. The normalized spacial score (nSPS) is 11.1. The molecule has 0 heterocycles. The molecule has 0 aliphatic rings. The molecule has 0 atom stereocenters. The van der Waals surface area contributed by atoms with Crippen molar-refractivity contribution in [2.24, 2.45) is 0 Å². The molecule has 0 aliphatic carbocycles. The zero-order valence-electron chi connectivity index (χ0n) is 13.0. The van der Waals surface area contributed by atoms with Gasteiger partial charge in [-0.3, -0.25) is 0 Å². The molecule has 0 fully saturated rings. The topological polar surface area (TPSA) is 0 Å². The predicted molar refractivity (Wildman–Crippen MR) is 92.6 cm³/mol. The van der Waals surface area contributed by atoms with Crippen molar-refractivity contribution in [3.8, 4) is 0 Å². The molecule has 0 aliphatic heterocycles. The lowest BCUT2D eigenvalue weighted by molar-refractivity contribution is -0.916. The molecular weight excluding hydrogens is 254 g/mol. The molecule has 0 bridgehead atoms. The number of benzene rings is 2. The monoisotopic (exact) mass is 278 g/mol. The summed E-state index contributed by atoms with van der Waals surface area (Å²) in [6, 6.07) is 17.0. The van der Waals surface area contributed by atoms with Crippen LogP contribution in [-0.2, 0) is 13.1 Å². The molecule has 2 aromatic carbocycles. The molecule has 0 N–H and O–H groups in total. The Hall–Kier alpha value is -2.12. The van der Waals surface area contributed by atoms with Gasteiger partial charge in [-0.2, -0.15) is 0 Å². The van der Waals surface area contributed by atoms with Gasteiger partial charge in [0.05, 0.1) is 14.1 Å². The maximum Gasteiger partial charge on any atom is 0.105 e. The van der Waals surface area contributed by atoms with Gasteiger partial charge in [-0.15, -0.1) is 0 Å². The number of hydrogen-bond acceptors (Lipinski definition) is 0. The van der Waals surface area contributed by atoms with Crippen molar-refractivity contribution >= 4 is 12.2 Å². The summed E-state index contributed by atoms with van der Waals surface area (Å²) in [5, 5.41) is 0. The summed E-state index contributed by atoms with van der Waals surface area (Å²) in [5.41, 5.74) is 5.13. The third kappa shape index (κ3) is 3.93. The van der Waals surface area contributed by atoms with Crippen LogP contribution < -0.4 is 0 Å².